The molecule has 0 aliphatic carbocycles. The molecule has 1 aliphatic heterocycles. The Bertz CT molecular complexity index is 767. The fourth-order valence-electron chi connectivity index (χ4n) is 3.22. The van der Waals surface area contributed by atoms with Gasteiger partial charge in [-0.15, -0.1) is 0 Å². The molecule has 0 aromatic heterocycles. The Balaban J connectivity index is 2.24. The minimum absolute atomic E-state index is 0.0327. The average molecular weight is 433 g/mol. The molecule has 0 bridgehead atoms. The fourth-order valence-corrected chi connectivity index (χ4v) is 3.41. The highest BCUT2D eigenvalue weighted by molar-refractivity contribution is 6.30. The minimum Gasteiger partial charge on any atom is -0.444 e. The molecule has 29 heavy (non-hydrogen) atoms. The normalized spacial score (nSPS) is 23.0. The molecule has 162 valence electrons. The lowest BCUT2D eigenvalue weighted by Crippen LogP contribution is -2.48. The summed E-state index contributed by atoms with van der Waals surface area (Å²) in [5, 5.41) is 2.56. The number of nitrogens with zero attached hydrogens (tertiary/aromatic N) is 1. The first-order valence-corrected chi connectivity index (χ1v) is 9.64. The van der Waals surface area contributed by atoms with Crippen molar-refractivity contribution in [3.63, 3.8) is 0 Å². The Kier molecular flexibility index (Phi) is 7.11. The van der Waals surface area contributed by atoms with Crippen molar-refractivity contribution in [2.75, 3.05) is 20.3 Å². The van der Waals surface area contributed by atoms with Gasteiger partial charge in [0.15, 0.2) is 0 Å². The molecular weight excluding hydrogens is 406 g/mol. The number of ether oxygens (including phenoxy) is 2. The van der Waals surface area contributed by atoms with Crippen LogP contribution in [0.2, 0.25) is 5.02 Å². The van der Waals surface area contributed by atoms with Gasteiger partial charge in [-0.25, -0.2) is 13.6 Å². The van der Waals surface area contributed by atoms with Crippen LogP contribution >= 0.6 is 11.6 Å². The van der Waals surface area contributed by atoms with Gasteiger partial charge in [-0.1, -0.05) is 23.7 Å². The molecule has 0 spiro atoms. The molecule has 0 saturated carbocycles. The van der Waals surface area contributed by atoms with Crippen LogP contribution in [0, 0.1) is 5.82 Å². The predicted octanol–water partition coefficient (Wildman–Crippen LogP) is 4.02. The molecule has 3 atom stereocenters. The largest absolute Gasteiger partial charge is 0.444 e. The second kappa shape index (κ2) is 8.83. The summed E-state index contributed by atoms with van der Waals surface area (Å²) < 4.78 is 39.5. The summed E-state index contributed by atoms with van der Waals surface area (Å²) in [5.41, 5.74) is -2.41. The maximum Gasteiger partial charge on any atom is 0.411 e. The third kappa shape index (κ3) is 6.02. The molecule has 1 aliphatic rings. The third-order valence-electron chi connectivity index (χ3n) is 4.43. The number of halogens is 3. The van der Waals surface area contributed by atoms with Crippen LogP contribution in [0.4, 0.5) is 13.6 Å². The highest BCUT2D eigenvalue weighted by Crippen LogP contribution is 2.32. The van der Waals surface area contributed by atoms with Gasteiger partial charge in [-0.05, 0) is 33.8 Å². The summed E-state index contributed by atoms with van der Waals surface area (Å²) in [7, 11) is 1.41. The molecule has 0 unspecified atom stereocenters. The monoisotopic (exact) mass is 432 g/mol. The first-order chi connectivity index (χ1) is 13.3. The lowest BCUT2D eigenvalue weighted by Gasteiger charge is -2.29. The Labute approximate surface area is 174 Å². The van der Waals surface area contributed by atoms with Crippen LogP contribution in [0.3, 0.4) is 0 Å². The van der Waals surface area contributed by atoms with E-state index in [-0.39, 0.29) is 30.2 Å². The van der Waals surface area contributed by atoms with Crippen LogP contribution in [0.15, 0.2) is 18.2 Å². The number of methoxy groups -OCH3 is 1. The predicted molar refractivity (Wildman–Crippen MR) is 105 cm³/mol. The van der Waals surface area contributed by atoms with Crippen LogP contribution in [0.1, 0.15) is 45.7 Å². The number of amides is 2. The molecule has 2 amide bonds. The van der Waals surface area contributed by atoms with Gasteiger partial charge < -0.3 is 14.8 Å². The van der Waals surface area contributed by atoms with Crippen LogP contribution in [0.5, 0.6) is 0 Å². The topological polar surface area (TPSA) is 67.9 Å². The van der Waals surface area contributed by atoms with Crippen LogP contribution in [0.25, 0.3) is 0 Å². The molecular formula is C20H27ClF2N2O4. The zero-order valence-electron chi connectivity index (χ0n) is 17.2. The summed E-state index contributed by atoms with van der Waals surface area (Å²) >= 11 is 5.84. The standard InChI is InChI=1S/C20H27ClF2N2O4/c1-19(2,3)29-18(27)25-11-20(4,23)9-15(25)17(26)24-14(10-28-5)12-7-6-8-13(21)16(12)22/h6-8,14-15H,9-11H2,1-5H3,(H,24,26)/t14-,15+,20-/m1/s1. The van der Waals surface area contributed by atoms with Gasteiger partial charge in [-0.3, -0.25) is 9.69 Å². The molecule has 1 heterocycles. The van der Waals surface area contributed by atoms with Crippen LogP contribution in [-0.4, -0.2) is 54.5 Å². The Morgan fingerprint density at radius 2 is 2.07 bits per heavy atom. The van der Waals surface area contributed by atoms with Crippen molar-refractivity contribution in [3.05, 3.63) is 34.6 Å². The lowest BCUT2D eigenvalue weighted by molar-refractivity contribution is -0.126. The summed E-state index contributed by atoms with van der Waals surface area (Å²) in [4.78, 5) is 26.5. The SMILES string of the molecule is COC[C@@H](NC(=O)[C@@H]1C[C@@](C)(F)CN1C(=O)OC(C)(C)C)c1cccc(Cl)c1F. The van der Waals surface area contributed by atoms with Crippen LogP contribution in [-0.2, 0) is 14.3 Å². The quantitative estimate of drug-likeness (QED) is 0.763. The Hall–Kier alpha value is -1.93. The minimum atomic E-state index is -1.75. The Morgan fingerprint density at radius 1 is 1.41 bits per heavy atom. The second-order valence-corrected chi connectivity index (χ2v) is 8.81. The van der Waals surface area contributed by atoms with Crippen molar-refractivity contribution in [3.8, 4) is 0 Å². The van der Waals surface area contributed by atoms with E-state index in [1.807, 2.05) is 0 Å². The summed E-state index contributed by atoms with van der Waals surface area (Å²) in [6.07, 6.45) is -0.980. The van der Waals surface area contributed by atoms with E-state index in [1.165, 1.54) is 26.2 Å². The Morgan fingerprint density at radius 3 is 2.66 bits per heavy atom. The molecule has 1 fully saturated rings. The summed E-state index contributed by atoms with van der Waals surface area (Å²) in [6, 6.07) is 2.46. The van der Waals surface area contributed by atoms with E-state index in [9.17, 15) is 18.4 Å². The van der Waals surface area contributed by atoms with Crippen molar-refractivity contribution in [1.29, 1.82) is 0 Å². The highest BCUT2D eigenvalue weighted by Gasteiger charge is 2.48. The van der Waals surface area contributed by atoms with E-state index in [2.05, 4.69) is 5.32 Å². The summed E-state index contributed by atoms with van der Waals surface area (Å²) in [6.45, 7) is 6.06. The van der Waals surface area contributed by atoms with Crippen molar-refractivity contribution < 1.29 is 27.8 Å². The molecule has 1 aromatic rings. The van der Waals surface area contributed by atoms with E-state index in [0.29, 0.717) is 0 Å². The summed E-state index contributed by atoms with van der Waals surface area (Å²) in [5.74, 6) is -1.30. The van der Waals surface area contributed by atoms with E-state index < -0.39 is 41.2 Å². The molecule has 2 rings (SSSR count). The maximum atomic E-state index is 14.7. The van der Waals surface area contributed by atoms with E-state index in [0.717, 1.165) is 4.90 Å². The lowest BCUT2D eigenvalue weighted by atomic mass is 10.0. The van der Waals surface area contributed by atoms with Gasteiger partial charge in [-0.2, -0.15) is 0 Å². The van der Waals surface area contributed by atoms with Crippen molar-refractivity contribution in [2.45, 2.75) is 57.5 Å². The van der Waals surface area contributed by atoms with Gasteiger partial charge in [0.05, 0.1) is 24.2 Å². The number of nitrogens with one attached hydrogen (secondary N) is 1. The molecule has 6 nitrogen and oxygen atoms in total. The molecule has 1 N–H and O–H groups in total. The van der Waals surface area contributed by atoms with E-state index in [1.54, 1.807) is 26.8 Å². The van der Waals surface area contributed by atoms with Crippen molar-refractivity contribution in [2.24, 2.45) is 0 Å². The third-order valence-corrected chi connectivity index (χ3v) is 4.72. The average Bonchev–Trinajstić information content (AvgIpc) is 2.91. The van der Waals surface area contributed by atoms with Crippen molar-refractivity contribution >= 4 is 23.6 Å². The smallest absolute Gasteiger partial charge is 0.411 e. The number of carbonyl (C=O) groups excluding carboxylic acids is 2. The molecule has 9 heteroatoms. The zero-order valence-corrected chi connectivity index (χ0v) is 18.0. The van der Waals surface area contributed by atoms with Crippen LogP contribution < -0.4 is 5.32 Å². The van der Waals surface area contributed by atoms with E-state index >= 15 is 0 Å². The maximum absolute atomic E-state index is 14.7. The second-order valence-electron chi connectivity index (χ2n) is 8.40. The molecule has 1 aromatic carbocycles. The van der Waals surface area contributed by atoms with Crippen molar-refractivity contribution in [1.82, 2.24) is 10.2 Å². The first-order valence-electron chi connectivity index (χ1n) is 9.26. The van der Waals surface area contributed by atoms with Gasteiger partial charge in [0, 0.05) is 19.1 Å². The number of benzene rings is 1. The number of alkyl halides is 1. The number of likely N-dealkylation sites (tertiary alicyclic amines) is 1. The van der Waals surface area contributed by atoms with Gasteiger partial charge in [0.2, 0.25) is 5.91 Å². The highest BCUT2D eigenvalue weighted by atomic mass is 35.5. The number of rotatable bonds is 5. The zero-order chi connectivity index (χ0) is 22.0. The van der Waals surface area contributed by atoms with Gasteiger partial charge in [0.25, 0.3) is 0 Å². The van der Waals surface area contributed by atoms with Gasteiger partial charge in [0.1, 0.15) is 23.1 Å². The number of hydrogen-bond acceptors (Lipinski definition) is 4. The molecule has 0 radical (unpaired) electrons. The first kappa shape index (κ1) is 23.3. The fraction of sp³-hybridized carbons (Fsp3) is 0.600. The molecule has 1 saturated heterocycles. The van der Waals surface area contributed by atoms with E-state index in [4.69, 9.17) is 21.1 Å². The number of carbonyl (C=O) groups is 2. The van der Waals surface area contributed by atoms with Gasteiger partial charge >= 0.3 is 6.09 Å². The number of hydrogen-bond donors (Lipinski definition) is 1.